The van der Waals surface area contributed by atoms with Crippen molar-refractivity contribution in [3.05, 3.63) is 30.6 Å². The maximum absolute atomic E-state index is 10.7. The summed E-state index contributed by atoms with van der Waals surface area (Å²) in [4.78, 5) is 2.21. The van der Waals surface area contributed by atoms with Crippen LogP contribution in [0, 0.1) is 5.92 Å². The topological polar surface area (TPSA) is 99.2 Å². The molecule has 3 aromatic rings. The molecule has 0 bridgehead atoms. The van der Waals surface area contributed by atoms with E-state index in [0.717, 1.165) is 42.1 Å². The van der Waals surface area contributed by atoms with Crippen LogP contribution in [0.25, 0.3) is 21.7 Å². The van der Waals surface area contributed by atoms with Crippen LogP contribution in [0.5, 0.6) is 5.75 Å². The van der Waals surface area contributed by atoms with Crippen molar-refractivity contribution in [1.82, 2.24) is 23.9 Å². The molecule has 1 aliphatic carbocycles. The van der Waals surface area contributed by atoms with Gasteiger partial charge in [0.25, 0.3) is 0 Å². The van der Waals surface area contributed by atoms with Crippen molar-refractivity contribution in [1.29, 1.82) is 0 Å². The van der Waals surface area contributed by atoms with Gasteiger partial charge in [0.1, 0.15) is 5.75 Å². The van der Waals surface area contributed by atoms with Gasteiger partial charge < -0.3 is 14.7 Å². The Morgan fingerprint density at radius 3 is 2.84 bits per heavy atom. The van der Waals surface area contributed by atoms with Gasteiger partial charge in [-0.3, -0.25) is 8.63 Å². The fraction of sp³-hybridized carbons (Fsp3) is 0.500. The summed E-state index contributed by atoms with van der Waals surface area (Å²) in [6.07, 6.45) is 6.83. The Labute approximate surface area is 206 Å². The molecule has 8 nitrogen and oxygen atoms in total. The number of aromatic hydroxyl groups is 1. The fourth-order valence-electron chi connectivity index (χ4n) is 4.42. The highest BCUT2D eigenvalue weighted by Crippen LogP contribution is 2.39. The molecule has 4 rings (SSSR count). The van der Waals surface area contributed by atoms with Crippen molar-refractivity contribution in [3.8, 4) is 27.4 Å². The van der Waals surface area contributed by atoms with Crippen LogP contribution < -0.4 is 8.43 Å². The summed E-state index contributed by atoms with van der Waals surface area (Å²) in [6.45, 7) is 5.17. The largest absolute Gasteiger partial charge is 0.507 e. The zero-order valence-electron chi connectivity index (χ0n) is 18.5. The number of nitrogens with one attached hydrogen (secondary N) is 2. The molecule has 1 aromatic carbocycles. The molecule has 0 amide bonds. The number of likely N-dealkylation sites (N-methyl/N-ethyl adjacent to an activating group) is 1. The van der Waals surface area contributed by atoms with Gasteiger partial charge in [-0.15, -0.1) is 10.2 Å². The highest BCUT2D eigenvalue weighted by atomic mass is 127. The van der Waals surface area contributed by atoms with E-state index in [1.165, 1.54) is 11.3 Å². The highest BCUT2D eigenvalue weighted by Gasteiger charge is 2.41. The molecule has 0 aliphatic heterocycles. The third-order valence-electron chi connectivity index (χ3n) is 6.13. The maximum Gasteiger partial charge on any atom is 0.208 e. The third-order valence-corrected chi connectivity index (χ3v) is 7.97. The Bertz CT molecular complexity index is 1010. The second-order valence-electron chi connectivity index (χ2n) is 8.32. The van der Waals surface area contributed by atoms with E-state index in [1.54, 1.807) is 18.5 Å². The van der Waals surface area contributed by atoms with Crippen molar-refractivity contribution in [2.45, 2.75) is 51.3 Å². The van der Waals surface area contributed by atoms with Crippen molar-refractivity contribution in [3.63, 3.8) is 0 Å². The summed E-state index contributed by atoms with van der Waals surface area (Å²) in [5, 5.41) is 27.8. The van der Waals surface area contributed by atoms with Gasteiger partial charge in [0.05, 0.1) is 23.9 Å². The summed E-state index contributed by atoms with van der Waals surface area (Å²) in [7, 11) is 2.07. The molecular weight excluding hydrogens is 539 g/mol. The normalized spacial score (nSPS) is 23.4. The van der Waals surface area contributed by atoms with Crippen LogP contribution in [0.15, 0.2) is 30.6 Å². The van der Waals surface area contributed by atoms with E-state index >= 15 is 0 Å². The van der Waals surface area contributed by atoms with Gasteiger partial charge in [0, 0.05) is 54.3 Å². The van der Waals surface area contributed by atoms with Crippen LogP contribution in [0.3, 0.4) is 0 Å². The fourth-order valence-corrected chi connectivity index (χ4v) is 5.97. The van der Waals surface area contributed by atoms with E-state index in [1.807, 2.05) is 12.1 Å². The second-order valence-corrected chi connectivity index (χ2v) is 9.89. The first-order chi connectivity index (χ1) is 15.5. The van der Waals surface area contributed by atoms with E-state index in [2.05, 4.69) is 72.6 Å². The first kappa shape index (κ1) is 23.4. The van der Waals surface area contributed by atoms with Crippen LogP contribution in [-0.2, 0) is 4.74 Å². The standard InChI is InChI=1S/C22H29IN6O2S/c1-4-9-31-20-17(26-23)8-5-13(2)19(20)29(3)22-28-27-21(32-22)16-7-6-14(10-18(16)30)15-11-24-25-12-15/h6-7,10-13,17,19-20,26,30H,4-5,8-9H2,1-3H3,(H,24,25)/t13-,17?,19-,20?/m1/s1. The number of hydrogen-bond donors (Lipinski definition) is 3. The quantitative estimate of drug-likeness (QED) is 0.269. The minimum atomic E-state index is 0.0793. The summed E-state index contributed by atoms with van der Waals surface area (Å²) in [5.41, 5.74) is 2.50. The summed E-state index contributed by atoms with van der Waals surface area (Å²) >= 11 is 3.73. The molecular formula is C22H29IN6O2S. The molecule has 32 heavy (non-hydrogen) atoms. The van der Waals surface area contributed by atoms with Gasteiger partial charge in [0.2, 0.25) is 5.13 Å². The number of nitrogens with zero attached hydrogens (tertiary/aromatic N) is 4. The molecule has 0 radical (unpaired) electrons. The first-order valence-corrected chi connectivity index (χ1v) is 12.8. The number of ether oxygens (including phenoxy) is 1. The molecule has 3 N–H and O–H groups in total. The number of rotatable bonds is 8. The first-order valence-electron chi connectivity index (χ1n) is 10.9. The lowest BCUT2D eigenvalue weighted by atomic mass is 9.80. The zero-order valence-corrected chi connectivity index (χ0v) is 21.4. The molecule has 2 aromatic heterocycles. The van der Waals surface area contributed by atoms with Gasteiger partial charge in [-0.25, -0.2) is 0 Å². The van der Waals surface area contributed by atoms with Crippen LogP contribution in [0.1, 0.15) is 33.1 Å². The predicted molar refractivity (Wildman–Crippen MR) is 136 cm³/mol. The number of benzene rings is 1. The Hall–Kier alpha value is -1.76. The smallest absolute Gasteiger partial charge is 0.208 e. The van der Waals surface area contributed by atoms with Crippen LogP contribution >= 0.6 is 34.2 Å². The Kier molecular flexibility index (Phi) is 7.64. The average molecular weight is 568 g/mol. The van der Waals surface area contributed by atoms with Gasteiger partial charge in [-0.1, -0.05) is 31.3 Å². The summed E-state index contributed by atoms with van der Waals surface area (Å²) in [6, 6.07) is 6.07. The van der Waals surface area contributed by atoms with Crippen LogP contribution in [0.2, 0.25) is 0 Å². The third kappa shape index (κ3) is 4.78. The minimum absolute atomic E-state index is 0.0793. The predicted octanol–water partition coefficient (Wildman–Crippen LogP) is 4.64. The molecule has 2 heterocycles. The van der Waals surface area contributed by atoms with Crippen molar-refractivity contribution in [2.24, 2.45) is 5.92 Å². The van der Waals surface area contributed by atoms with Gasteiger partial charge in [0.15, 0.2) is 5.01 Å². The Morgan fingerprint density at radius 1 is 1.31 bits per heavy atom. The molecule has 2 unspecified atom stereocenters. The Balaban J connectivity index is 1.58. The van der Waals surface area contributed by atoms with Crippen molar-refractivity contribution >= 4 is 39.3 Å². The van der Waals surface area contributed by atoms with Crippen LogP contribution in [-0.4, -0.2) is 57.3 Å². The Morgan fingerprint density at radius 2 is 2.16 bits per heavy atom. The SMILES string of the molecule is CCCOC1C(NI)CC[C@@H](C)[C@H]1N(C)c1nnc(-c2ccc(-c3cn[nH]c3)cc2O)s1. The van der Waals surface area contributed by atoms with Crippen LogP contribution in [0.4, 0.5) is 5.13 Å². The lowest BCUT2D eigenvalue weighted by Gasteiger charge is -2.45. The molecule has 1 fully saturated rings. The van der Waals surface area contributed by atoms with Gasteiger partial charge in [-0.05, 0) is 42.9 Å². The van der Waals surface area contributed by atoms with E-state index in [9.17, 15) is 5.11 Å². The molecule has 1 aliphatic rings. The monoisotopic (exact) mass is 568 g/mol. The number of aromatic nitrogens is 4. The van der Waals surface area contributed by atoms with Gasteiger partial charge in [-0.2, -0.15) is 5.10 Å². The number of anilines is 1. The van der Waals surface area contributed by atoms with E-state index in [0.29, 0.717) is 22.5 Å². The van der Waals surface area contributed by atoms with Gasteiger partial charge >= 0.3 is 0 Å². The molecule has 0 saturated heterocycles. The second kappa shape index (κ2) is 10.4. The lowest BCUT2D eigenvalue weighted by Crippen LogP contribution is -2.57. The summed E-state index contributed by atoms with van der Waals surface area (Å²) < 4.78 is 9.74. The van der Waals surface area contributed by atoms with E-state index in [4.69, 9.17) is 4.74 Å². The zero-order chi connectivity index (χ0) is 22.7. The number of halogens is 1. The number of H-pyrrole nitrogens is 1. The number of hydrogen-bond acceptors (Lipinski definition) is 8. The number of aromatic amines is 1. The molecule has 10 heteroatoms. The van der Waals surface area contributed by atoms with E-state index in [-0.39, 0.29) is 17.9 Å². The highest BCUT2D eigenvalue weighted by molar-refractivity contribution is 14.1. The van der Waals surface area contributed by atoms with Crippen molar-refractivity contribution in [2.75, 3.05) is 18.6 Å². The number of phenolic OH excluding ortho intramolecular Hbond substituents is 1. The molecule has 4 atom stereocenters. The molecule has 172 valence electrons. The maximum atomic E-state index is 10.7. The molecule has 1 saturated carbocycles. The summed E-state index contributed by atoms with van der Waals surface area (Å²) in [5.74, 6) is 0.649. The lowest BCUT2D eigenvalue weighted by molar-refractivity contribution is -0.0159. The van der Waals surface area contributed by atoms with Crippen molar-refractivity contribution < 1.29 is 9.84 Å². The number of phenols is 1. The van der Waals surface area contributed by atoms with E-state index < -0.39 is 0 Å². The molecule has 0 spiro atoms. The minimum Gasteiger partial charge on any atom is -0.507 e. The average Bonchev–Trinajstić information content (AvgIpc) is 3.50.